The molecule has 0 aromatic heterocycles. The summed E-state index contributed by atoms with van der Waals surface area (Å²) in [6.07, 6.45) is 1.59. The maximum atomic E-state index is 12.1. The average molecular weight is 497 g/mol. The number of alkyl carbamates (subject to hydrolysis) is 2. The Labute approximate surface area is 208 Å². The molecule has 0 radical (unpaired) electrons. The normalized spacial score (nSPS) is 11.2. The number of ether oxygens (including phenoxy) is 4. The van der Waals surface area contributed by atoms with Crippen LogP contribution in [0.25, 0.3) is 0 Å². The molecule has 190 valence electrons. The molecule has 0 spiro atoms. The second-order valence-corrected chi connectivity index (χ2v) is 7.17. The van der Waals surface area contributed by atoms with Gasteiger partial charge in [0.15, 0.2) is 0 Å². The Hall–Kier alpha value is -4.60. The summed E-state index contributed by atoms with van der Waals surface area (Å²) in [5.74, 6) is -1.54. The van der Waals surface area contributed by atoms with Gasteiger partial charge in [-0.3, -0.25) is 10.6 Å². The lowest BCUT2D eigenvalue weighted by Crippen LogP contribution is -2.29. The van der Waals surface area contributed by atoms with E-state index in [1.54, 1.807) is 24.3 Å². The number of hydrogen-bond acceptors (Lipinski definition) is 8. The van der Waals surface area contributed by atoms with Crippen LogP contribution in [0.3, 0.4) is 0 Å². The van der Waals surface area contributed by atoms with Crippen molar-refractivity contribution in [1.82, 2.24) is 10.6 Å². The molecule has 0 aliphatic heterocycles. The van der Waals surface area contributed by atoms with Crippen LogP contribution in [0.2, 0.25) is 0 Å². The van der Waals surface area contributed by atoms with Gasteiger partial charge in [-0.25, -0.2) is 19.2 Å². The SMILES string of the molecule is COC(=O)/C(=C/CC/C=C(/NC(=O)OCc1ccccc1)C(=O)OC)NC(=O)OCc1ccccc1. The fourth-order valence-corrected chi connectivity index (χ4v) is 2.78. The topological polar surface area (TPSA) is 129 Å². The van der Waals surface area contributed by atoms with Gasteiger partial charge >= 0.3 is 24.1 Å². The average Bonchev–Trinajstić information content (AvgIpc) is 2.91. The Balaban J connectivity index is 1.92. The lowest BCUT2D eigenvalue weighted by molar-refractivity contribution is -0.137. The molecule has 2 N–H and O–H groups in total. The molecule has 2 aromatic carbocycles. The Kier molecular flexibility index (Phi) is 11.8. The molecule has 0 fully saturated rings. The van der Waals surface area contributed by atoms with E-state index in [0.717, 1.165) is 11.1 Å². The molecular weight excluding hydrogens is 468 g/mol. The highest BCUT2D eigenvalue weighted by Gasteiger charge is 2.16. The van der Waals surface area contributed by atoms with E-state index in [4.69, 9.17) is 9.47 Å². The van der Waals surface area contributed by atoms with Crippen molar-refractivity contribution in [2.45, 2.75) is 26.1 Å². The maximum absolute atomic E-state index is 12.1. The molecule has 0 unspecified atom stereocenters. The lowest BCUT2D eigenvalue weighted by Gasteiger charge is -2.10. The number of allylic oxidation sites excluding steroid dienone is 2. The van der Waals surface area contributed by atoms with Crippen molar-refractivity contribution in [3.63, 3.8) is 0 Å². The van der Waals surface area contributed by atoms with Gasteiger partial charge in [-0.1, -0.05) is 72.8 Å². The number of rotatable bonds is 11. The largest absolute Gasteiger partial charge is 0.464 e. The van der Waals surface area contributed by atoms with Gasteiger partial charge in [0.05, 0.1) is 14.2 Å². The minimum atomic E-state index is -0.830. The third-order valence-electron chi connectivity index (χ3n) is 4.57. The fraction of sp³-hybridized carbons (Fsp3) is 0.231. The highest BCUT2D eigenvalue weighted by molar-refractivity contribution is 5.92. The summed E-state index contributed by atoms with van der Waals surface area (Å²) >= 11 is 0. The lowest BCUT2D eigenvalue weighted by atomic mass is 10.2. The standard InChI is InChI=1S/C26H28N2O8/c1-33-23(29)21(27-25(31)35-17-19-11-5-3-6-12-19)15-9-10-16-22(24(30)34-2)28-26(32)36-18-20-13-7-4-8-14-20/h3-8,11-16H,9-10,17-18H2,1-2H3,(H,27,31)(H,28,32)/b21-15-,22-16+. The number of methoxy groups -OCH3 is 2. The van der Waals surface area contributed by atoms with E-state index in [1.165, 1.54) is 26.4 Å². The molecule has 2 rings (SSSR count). The molecule has 0 aliphatic rings. The predicted octanol–water partition coefficient (Wildman–Crippen LogP) is 3.73. The van der Waals surface area contributed by atoms with Crippen LogP contribution in [0.1, 0.15) is 24.0 Å². The van der Waals surface area contributed by atoms with E-state index in [1.807, 2.05) is 36.4 Å². The number of unbranched alkanes of at least 4 members (excludes halogenated alkanes) is 1. The van der Waals surface area contributed by atoms with Gasteiger partial charge in [0.1, 0.15) is 24.6 Å². The van der Waals surface area contributed by atoms with Gasteiger partial charge in [0.2, 0.25) is 0 Å². The minimum absolute atomic E-state index is 0.0262. The van der Waals surface area contributed by atoms with Crippen molar-refractivity contribution in [3.05, 3.63) is 95.3 Å². The van der Waals surface area contributed by atoms with E-state index in [0.29, 0.717) is 0 Å². The smallest absolute Gasteiger partial charge is 0.412 e. The van der Waals surface area contributed by atoms with Crippen LogP contribution in [0, 0.1) is 0 Å². The van der Waals surface area contributed by atoms with E-state index in [9.17, 15) is 19.2 Å². The molecular formula is C26H28N2O8. The second kappa shape index (κ2) is 15.3. The first-order valence-corrected chi connectivity index (χ1v) is 10.9. The van der Waals surface area contributed by atoms with E-state index in [2.05, 4.69) is 20.1 Å². The van der Waals surface area contributed by atoms with Crippen molar-refractivity contribution >= 4 is 24.1 Å². The van der Waals surface area contributed by atoms with Gasteiger partial charge in [0.25, 0.3) is 0 Å². The van der Waals surface area contributed by atoms with Crippen LogP contribution in [0.4, 0.5) is 9.59 Å². The first-order valence-electron chi connectivity index (χ1n) is 10.9. The molecule has 36 heavy (non-hydrogen) atoms. The summed E-state index contributed by atoms with van der Waals surface area (Å²) in [4.78, 5) is 48.2. The van der Waals surface area contributed by atoms with Gasteiger partial charge in [0, 0.05) is 0 Å². The number of carbonyl (C=O) groups excluding carboxylic acids is 4. The summed E-state index contributed by atoms with van der Waals surface area (Å²) in [5.41, 5.74) is 1.32. The van der Waals surface area contributed by atoms with Crippen molar-refractivity contribution in [3.8, 4) is 0 Å². The maximum Gasteiger partial charge on any atom is 0.412 e. The zero-order valence-corrected chi connectivity index (χ0v) is 20.0. The number of amides is 2. The molecule has 0 heterocycles. The quantitative estimate of drug-likeness (QED) is 0.208. The predicted molar refractivity (Wildman–Crippen MR) is 129 cm³/mol. The zero-order valence-electron chi connectivity index (χ0n) is 20.0. The molecule has 2 aromatic rings. The molecule has 0 saturated heterocycles. The van der Waals surface area contributed by atoms with Gasteiger partial charge in [-0.2, -0.15) is 0 Å². The third kappa shape index (κ3) is 10.1. The molecule has 0 saturated carbocycles. The van der Waals surface area contributed by atoms with E-state index < -0.39 is 24.1 Å². The summed E-state index contributed by atoms with van der Waals surface area (Å²) in [7, 11) is 2.35. The Bertz CT molecular complexity index is 994. The van der Waals surface area contributed by atoms with Crippen molar-refractivity contribution in [2.24, 2.45) is 0 Å². The van der Waals surface area contributed by atoms with E-state index in [-0.39, 0.29) is 37.4 Å². The van der Waals surface area contributed by atoms with Crippen LogP contribution in [-0.2, 0) is 41.8 Å². The second-order valence-electron chi connectivity index (χ2n) is 7.17. The first-order chi connectivity index (χ1) is 17.4. The first kappa shape index (κ1) is 27.6. The highest BCUT2D eigenvalue weighted by Crippen LogP contribution is 2.06. The van der Waals surface area contributed by atoms with Gasteiger partial charge < -0.3 is 18.9 Å². The van der Waals surface area contributed by atoms with Gasteiger partial charge in [-0.15, -0.1) is 0 Å². The number of hydrogen-bond donors (Lipinski definition) is 2. The molecule has 10 heteroatoms. The Morgan fingerprint density at radius 3 is 1.33 bits per heavy atom. The van der Waals surface area contributed by atoms with Crippen LogP contribution in [-0.4, -0.2) is 38.3 Å². The fourth-order valence-electron chi connectivity index (χ4n) is 2.78. The molecule has 10 nitrogen and oxygen atoms in total. The van der Waals surface area contributed by atoms with Crippen LogP contribution in [0.15, 0.2) is 84.2 Å². The number of nitrogens with one attached hydrogen (secondary N) is 2. The number of carbonyl (C=O) groups is 4. The zero-order chi connectivity index (χ0) is 26.2. The Morgan fingerprint density at radius 2 is 1.00 bits per heavy atom. The van der Waals surface area contributed by atoms with E-state index >= 15 is 0 Å². The van der Waals surface area contributed by atoms with Crippen LogP contribution < -0.4 is 10.6 Å². The molecule has 0 aliphatic carbocycles. The summed E-state index contributed by atoms with van der Waals surface area (Å²) in [6.45, 7) is 0.0524. The third-order valence-corrected chi connectivity index (χ3v) is 4.57. The highest BCUT2D eigenvalue weighted by atomic mass is 16.6. The summed E-state index contributed by atoms with van der Waals surface area (Å²) in [6, 6.07) is 18.1. The van der Waals surface area contributed by atoms with Gasteiger partial charge in [-0.05, 0) is 24.0 Å². The van der Waals surface area contributed by atoms with Crippen LogP contribution in [0.5, 0.6) is 0 Å². The minimum Gasteiger partial charge on any atom is -0.464 e. The summed E-state index contributed by atoms with van der Waals surface area (Å²) in [5, 5.41) is 4.70. The molecule has 2 amide bonds. The monoisotopic (exact) mass is 496 g/mol. The van der Waals surface area contributed by atoms with Crippen molar-refractivity contribution < 1.29 is 38.1 Å². The van der Waals surface area contributed by atoms with Crippen molar-refractivity contribution in [2.75, 3.05) is 14.2 Å². The summed E-state index contributed by atoms with van der Waals surface area (Å²) < 4.78 is 19.6. The molecule has 0 atom stereocenters. The number of benzene rings is 2. The van der Waals surface area contributed by atoms with Crippen molar-refractivity contribution in [1.29, 1.82) is 0 Å². The Morgan fingerprint density at radius 1 is 0.639 bits per heavy atom. The van der Waals surface area contributed by atoms with Crippen LogP contribution >= 0.6 is 0 Å². The number of esters is 2. The molecule has 0 bridgehead atoms.